The Kier molecular flexibility index (Phi) is 4.57. The van der Waals surface area contributed by atoms with E-state index in [0.29, 0.717) is 25.1 Å². The van der Waals surface area contributed by atoms with Crippen molar-refractivity contribution in [1.29, 1.82) is 0 Å². The fourth-order valence-electron chi connectivity index (χ4n) is 4.05. The summed E-state index contributed by atoms with van der Waals surface area (Å²) < 4.78 is 0. The Balaban J connectivity index is 1.46. The molecule has 4 rings (SSSR count). The van der Waals surface area contributed by atoms with E-state index in [1.165, 1.54) is 0 Å². The van der Waals surface area contributed by atoms with Crippen molar-refractivity contribution in [3.63, 3.8) is 0 Å². The first-order valence-electron chi connectivity index (χ1n) is 9.34. The standard InChI is InChI=1S/C20H24N4O3/c1-2-7-20(11-21-12-20)22-9-13-3-4-14-10-24(19(27)15(14)8-13)16-5-6-17(25)23-18(16)26/h2-4,8,16,21-22H,1,5-7,9-12H2,(H,23,25,26). The largest absolute Gasteiger partial charge is 0.322 e. The van der Waals surface area contributed by atoms with Gasteiger partial charge in [-0.2, -0.15) is 0 Å². The van der Waals surface area contributed by atoms with Crippen molar-refractivity contribution < 1.29 is 14.4 Å². The quantitative estimate of drug-likeness (QED) is 0.501. The number of benzene rings is 1. The summed E-state index contributed by atoms with van der Waals surface area (Å²) in [5.41, 5.74) is 2.68. The number of nitrogens with one attached hydrogen (secondary N) is 3. The monoisotopic (exact) mass is 368 g/mol. The second kappa shape index (κ2) is 6.90. The maximum absolute atomic E-state index is 12.9. The van der Waals surface area contributed by atoms with Gasteiger partial charge in [-0.15, -0.1) is 6.58 Å². The van der Waals surface area contributed by atoms with Gasteiger partial charge >= 0.3 is 0 Å². The summed E-state index contributed by atoms with van der Waals surface area (Å²) in [5.74, 6) is -0.779. The molecule has 0 spiro atoms. The van der Waals surface area contributed by atoms with Crippen LogP contribution in [0.25, 0.3) is 0 Å². The third-order valence-corrected chi connectivity index (χ3v) is 5.72. The van der Waals surface area contributed by atoms with Crippen LogP contribution in [0.2, 0.25) is 0 Å². The van der Waals surface area contributed by atoms with Gasteiger partial charge in [0.15, 0.2) is 0 Å². The van der Waals surface area contributed by atoms with Crippen molar-refractivity contribution in [3.05, 3.63) is 47.5 Å². The zero-order valence-corrected chi connectivity index (χ0v) is 15.2. The van der Waals surface area contributed by atoms with Gasteiger partial charge in [0.2, 0.25) is 11.8 Å². The van der Waals surface area contributed by atoms with Gasteiger partial charge in [0.25, 0.3) is 5.91 Å². The van der Waals surface area contributed by atoms with Crippen molar-refractivity contribution in [2.24, 2.45) is 0 Å². The van der Waals surface area contributed by atoms with Gasteiger partial charge in [0.1, 0.15) is 6.04 Å². The molecule has 3 amide bonds. The van der Waals surface area contributed by atoms with Crippen LogP contribution in [0, 0.1) is 0 Å². The number of nitrogens with zero attached hydrogens (tertiary/aromatic N) is 1. The molecule has 2 saturated heterocycles. The second-order valence-corrected chi connectivity index (χ2v) is 7.62. The van der Waals surface area contributed by atoms with E-state index in [4.69, 9.17) is 0 Å². The minimum absolute atomic E-state index is 0.0452. The third kappa shape index (κ3) is 3.28. The van der Waals surface area contributed by atoms with Gasteiger partial charge < -0.3 is 15.5 Å². The molecule has 0 bridgehead atoms. The van der Waals surface area contributed by atoms with E-state index in [0.717, 1.165) is 30.6 Å². The van der Waals surface area contributed by atoms with Crippen LogP contribution in [0.3, 0.4) is 0 Å². The summed E-state index contributed by atoms with van der Waals surface area (Å²) in [4.78, 5) is 37.9. The number of carbonyl (C=O) groups excluding carboxylic acids is 3. The summed E-state index contributed by atoms with van der Waals surface area (Å²) in [6, 6.07) is 5.35. The molecule has 0 aromatic heterocycles. The summed E-state index contributed by atoms with van der Waals surface area (Å²) >= 11 is 0. The highest BCUT2D eigenvalue weighted by Crippen LogP contribution is 2.28. The highest BCUT2D eigenvalue weighted by Gasteiger charge is 2.39. The highest BCUT2D eigenvalue weighted by atomic mass is 16.2. The zero-order valence-electron chi connectivity index (χ0n) is 15.2. The van der Waals surface area contributed by atoms with Crippen LogP contribution in [0.15, 0.2) is 30.9 Å². The lowest BCUT2D eigenvalue weighted by molar-refractivity contribution is -0.136. The molecule has 0 aliphatic carbocycles. The Labute approximate surface area is 158 Å². The van der Waals surface area contributed by atoms with Crippen LogP contribution in [0.1, 0.15) is 40.7 Å². The number of rotatable bonds is 6. The minimum Gasteiger partial charge on any atom is -0.322 e. The fraction of sp³-hybridized carbons (Fsp3) is 0.450. The molecule has 7 heteroatoms. The maximum atomic E-state index is 12.9. The number of hydrogen-bond acceptors (Lipinski definition) is 5. The first-order chi connectivity index (χ1) is 13.0. The number of hydrogen-bond donors (Lipinski definition) is 3. The lowest BCUT2D eigenvalue weighted by Gasteiger charge is -2.43. The van der Waals surface area contributed by atoms with Gasteiger partial charge in [-0.05, 0) is 30.0 Å². The zero-order chi connectivity index (χ0) is 19.0. The number of fused-ring (bicyclic) bond motifs is 1. The van der Waals surface area contributed by atoms with Crippen molar-refractivity contribution in [3.8, 4) is 0 Å². The van der Waals surface area contributed by atoms with Gasteiger partial charge in [0.05, 0.1) is 0 Å². The smallest absolute Gasteiger partial charge is 0.255 e. The number of amides is 3. The second-order valence-electron chi connectivity index (χ2n) is 7.62. The molecule has 1 aromatic rings. The molecule has 1 atom stereocenters. The van der Waals surface area contributed by atoms with E-state index in [1.807, 2.05) is 24.3 Å². The van der Waals surface area contributed by atoms with E-state index in [-0.39, 0.29) is 29.7 Å². The van der Waals surface area contributed by atoms with Gasteiger partial charge in [-0.1, -0.05) is 18.2 Å². The molecule has 142 valence electrons. The SMILES string of the molecule is C=CCC1(NCc2ccc3c(c2)C(=O)N(C2CCC(=O)NC2=O)C3)CNC1. The molecule has 7 nitrogen and oxygen atoms in total. The minimum atomic E-state index is -0.568. The van der Waals surface area contributed by atoms with Crippen LogP contribution < -0.4 is 16.0 Å². The Bertz CT molecular complexity index is 815. The first kappa shape index (κ1) is 17.9. The van der Waals surface area contributed by atoms with Crippen molar-refractivity contribution in [1.82, 2.24) is 20.9 Å². The first-order valence-corrected chi connectivity index (χ1v) is 9.34. The highest BCUT2D eigenvalue weighted by molar-refractivity contribution is 6.05. The van der Waals surface area contributed by atoms with Crippen molar-refractivity contribution >= 4 is 17.7 Å². The third-order valence-electron chi connectivity index (χ3n) is 5.72. The number of imide groups is 1. The van der Waals surface area contributed by atoms with Crippen molar-refractivity contribution in [2.45, 2.75) is 43.9 Å². The molecule has 3 aliphatic rings. The predicted octanol–water partition coefficient (Wildman–Crippen LogP) is 0.455. The lowest BCUT2D eigenvalue weighted by Crippen LogP contribution is -2.67. The molecule has 3 N–H and O–H groups in total. The molecule has 1 aromatic carbocycles. The molecule has 3 heterocycles. The van der Waals surface area contributed by atoms with E-state index in [9.17, 15) is 14.4 Å². The van der Waals surface area contributed by atoms with E-state index < -0.39 is 6.04 Å². The van der Waals surface area contributed by atoms with Gasteiger partial charge in [-0.3, -0.25) is 19.7 Å². The molecule has 27 heavy (non-hydrogen) atoms. The Morgan fingerprint density at radius 3 is 2.78 bits per heavy atom. The number of piperidine rings is 1. The molecule has 2 fully saturated rings. The predicted molar refractivity (Wildman–Crippen MR) is 99.7 cm³/mol. The van der Waals surface area contributed by atoms with Crippen LogP contribution in [-0.4, -0.2) is 47.3 Å². The van der Waals surface area contributed by atoms with Crippen LogP contribution in [0.5, 0.6) is 0 Å². The normalized spacial score (nSPS) is 23.6. The molecule has 1 unspecified atom stereocenters. The fourth-order valence-corrected chi connectivity index (χ4v) is 4.05. The summed E-state index contributed by atoms with van der Waals surface area (Å²) in [6.45, 7) is 6.74. The molecule has 0 saturated carbocycles. The van der Waals surface area contributed by atoms with Crippen molar-refractivity contribution in [2.75, 3.05) is 13.1 Å². The van der Waals surface area contributed by atoms with Crippen LogP contribution >= 0.6 is 0 Å². The van der Waals surface area contributed by atoms with Crippen LogP contribution in [0.4, 0.5) is 0 Å². The Morgan fingerprint density at radius 1 is 1.30 bits per heavy atom. The topological polar surface area (TPSA) is 90.5 Å². The molecular weight excluding hydrogens is 344 g/mol. The maximum Gasteiger partial charge on any atom is 0.255 e. The average Bonchev–Trinajstić information content (AvgIpc) is 2.93. The Hall–Kier alpha value is -2.51. The summed E-state index contributed by atoms with van der Waals surface area (Å²) in [5, 5.41) is 9.20. The van der Waals surface area contributed by atoms with Gasteiger partial charge in [-0.25, -0.2) is 0 Å². The molecule has 3 aliphatic heterocycles. The van der Waals surface area contributed by atoms with E-state index in [1.54, 1.807) is 4.90 Å². The summed E-state index contributed by atoms with van der Waals surface area (Å²) in [6.07, 6.45) is 3.48. The molecule has 0 radical (unpaired) electrons. The number of carbonyl (C=O) groups is 3. The Morgan fingerprint density at radius 2 is 2.11 bits per heavy atom. The van der Waals surface area contributed by atoms with Gasteiger partial charge in [0, 0.05) is 43.7 Å². The van der Waals surface area contributed by atoms with E-state index in [2.05, 4.69) is 22.5 Å². The van der Waals surface area contributed by atoms with E-state index >= 15 is 0 Å². The lowest BCUT2D eigenvalue weighted by atomic mass is 9.88. The molecular formula is C20H24N4O3. The van der Waals surface area contributed by atoms with Crippen LogP contribution in [-0.2, 0) is 22.7 Å². The summed E-state index contributed by atoms with van der Waals surface area (Å²) in [7, 11) is 0. The average molecular weight is 368 g/mol.